The Morgan fingerprint density at radius 2 is 1.64 bits per heavy atom. The van der Waals surface area contributed by atoms with Crippen molar-refractivity contribution in [3.8, 4) is 0 Å². The molecule has 2 atom stereocenters. The lowest BCUT2D eigenvalue weighted by Crippen LogP contribution is -2.17. The highest BCUT2D eigenvalue weighted by Gasteiger charge is 2.63. The second kappa shape index (κ2) is 6.11. The number of carbonyl (C=O) groups is 1. The Kier molecular flexibility index (Phi) is 4.19. The largest absolute Gasteiger partial charge is 0.271 e. The van der Waals surface area contributed by atoms with Crippen LogP contribution >= 0.6 is 23.2 Å². The van der Waals surface area contributed by atoms with Gasteiger partial charge in [0.05, 0.1) is 0 Å². The average molecular weight is 333 g/mol. The van der Waals surface area contributed by atoms with Crippen LogP contribution in [0.3, 0.4) is 0 Å². The van der Waals surface area contributed by atoms with Gasteiger partial charge in [0.15, 0.2) is 0 Å². The van der Waals surface area contributed by atoms with Crippen LogP contribution in [0.25, 0.3) is 0 Å². The third-order valence-corrected chi connectivity index (χ3v) is 4.68. The topological polar surface area (TPSA) is 41.5 Å². The Balaban J connectivity index is 1.63. The van der Waals surface area contributed by atoms with E-state index in [9.17, 15) is 4.79 Å². The Labute approximate surface area is 138 Å². The summed E-state index contributed by atoms with van der Waals surface area (Å²) >= 11 is 12.6. The summed E-state index contributed by atoms with van der Waals surface area (Å²) in [5.41, 5.74) is 4.11. The average Bonchev–Trinajstić information content (AvgIpc) is 3.10. The molecule has 1 N–H and O–H groups in total. The fourth-order valence-corrected chi connectivity index (χ4v) is 3.22. The molecule has 3 nitrogen and oxygen atoms in total. The fourth-order valence-electron chi connectivity index (χ4n) is 2.46. The molecular formula is C17H14Cl2N2O. The van der Waals surface area contributed by atoms with Crippen LogP contribution in [-0.4, -0.2) is 16.5 Å². The maximum absolute atomic E-state index is 11.9. The summed E-state index contributed by atoms with van der Waals surface area (Å²) in [4.78, 5) is 11.9. The lowest BCUT2D eigenvalue weighted by molar-refractivity contribution is 0.0955. The number of hydrogen-bond donors (Lipinski definition) is 1. The molecule has 2 aromatic rings. The first-order valence-corrected chi connectivity index (χ1v) is 7.67. The van der Waals surface area contributed by atoms with Crippen molar-refractivity contribution in [1.82, 2.24) is 5.43 Å². The molecular weight excluding hydrogens is 319 g/mol. The maximum Gasteiger partial charge on any atom is 0.271 e. The Bertz CT molecular complexity index is 686. The molecule has 5 heteroatoms. The summed E-state index contributed by atoms with van der Waals surface area (Å²) in [6, 6.07) is 18.7. The van der Waals surface area contributed by atoms with E-state index < -0.39 is 4.33 Å². The van der Waals surface area contributed by atoms with Crippen LogP contribution in [0, 0.1) is 5.92 Å². The normalized spacial score (nSPS) is 22.5. The van der Waals surface area contributed by atoms with Gasteiger partial charge in [-0.25, -0.2) is 5.43 Å². The zero-order valence-electron chi connectivity index (χ0n) is 11.6. The fraction of sp³-hybridized carbons (Fsp3) is 0.176. The van der Waals surface area contributed by atoms with Crippen LogP contribution in [-0.2, 0) is 0 Å². The molecule has 22 heavy (non-hydrogen) atoms. The van der Waals surface area contributed by atoms with Crippen LogP contribution in [0.2, 0.25) is 0 Å². The zero-order chi connectivity index (χ0) is 15.6. The number of benzene rings is 2. The summed E-state index contributed by atoms with van der Waals surface area (Å²) in [6.07, 6.45) is 1.61. The van der Waals surface area contributed by atoms with Crippen LogP contribution in [0.4, 0.5) is 0 Å². The van der Waals surface area contributed by atoms with Gasteiger partial charge in [0.1, 0.15) is 4.33 Å². The zero-order valence-corrected chi connectivity index (χ0v) is 13.1. The van der Waals surface area contributed by atoms with Gasteiger partial charge in [-0.2, -0.15) is 5.10 Å². The summed E-state index contributed by atoms with van der Waals surface area (Å²) in [5.74, 6) is -0.382. The van der Waals surface area contributed by atoms with Gasteiger partial charge in [-0.05, 0) is 17.7 Å². The van der Waals surface area contributed by atoms with Crippen LogP contribution in [0.15, 0.2) is 65.8 Å². The second-order valence-corrected chi connectivity index (χ2v) is 6.62. The molecule has 1 aliphatic rings. The standard InChI is InChI=1S/C17H14Cl2N2O/c18-17(19)14(15(17)12-7-3-1-4-8-12)11-20-21-16(22)13-9-5-2-6-10-13/h1-11,14-15H,(H,21,22)/b20-11+. The first-order chi connectivity index (χ1) is 10.6. The van der Waals surface area contributed by atoms with Gasteiger partial charge in [-0.3, -0.25) is 4.79 Å². The minimum atomic E-state index is -0.873. The minimum Gasteiger partial charge on any atom is -0.267 e. The van der Waals surface area contributed by atoms with Crippen molar-refractivity contribution in [2.24, 2.45) is 11.0 Å². The lowest BCUT2D eigenvalue weighted by atomic mass is 10.1. The van der Waals surface area contributed by atoms with Crippen molar-refractivity contribution >= 4 is 35.3 Å². The van der Waals surface area contributed by atoms with Gasteiger partial charge >= 0.3 is 0 Å². The Hall–Kier alpha value is -1.84. The van der Waals surface area contributed by atoms with Crippen LogP contribution in [0.5, 0.6) is 0 Å². The number of halogens is 2. The van der Waals surface area contributed by atoms with Gasteiger partial charge < -0.3 is 0 Å². The highest BCUT2D eigenvalue weighted by molar-refractivity contribution is 6.53. The molecule has 1 saturated carbocycles. The summed E-state index contributed by atoms with van der Waals surface area (Å²) in [7, 11) is 0. The van der Waals surface area contributed by atoms with E-state index in [-0.39, 0.29) is 17.7 Å². The van der Waals surface area contributed by atoms with Gasteiger partial charge in [0.25, 0.3) is 5.91 Å². The van der Waals surface area contributed by atoms with Crippen molar-refractivity contribution in [2.45, 2.75) is 10.3 Å². The molecule has 0 aromatic heterocycles. The Morgan fingerprint density at radius 3 is 2.27 bits per heavy atom. The van der Waals surface area contributed by atoms with Gasteiger partial charge in [-0.15, -0.1) is 23.2 Å². The number of rotatable bonds is 4. The number of amides is 1. The molecule has 0 radical (unpaired) electrons. The van der Waals surface area contributed by atoms with E-state index in [0.717, 1.165) is 5.56 Å². The van der Waals surface area contributed by atoms with Crippen LogP contribution < -0.4 is 5.43 Å². The number of alkyl halides is 2. The van der Waals surface area contributed by atoms with Crippen LogP contribution in [0.1, 0.15) is 21.8 Å². The third-order valence-electron chi connectivity index (χ3n) is 3.70. The minimum absolute atomic E-state index is 0.00518. The molecule has 0 aliphatic heterocycles. The molecule has 1 amide bonds. The highest BCUT2D eigenvalue weighted by atomic mass is 35.5. The third kappa shape index (κ3) is 3.01. The van der Waals surface area contributed by atoms with E-state index in [1.165, 1.54) is 0 Å². The number of hydrogen-bond acceptors (Lipinski definition) is 2. The summed E-state index contributed by atoms with van der Waals surface area (Å²) in [6.45, 7) is 0. The Morgan fingerprint density at radius 1 is 1.05 bits per heavy atom. The predicted molar refractivity (Wildman–Crippen MR) is 89.5 cm³/mol. The predicted octanol–water partition coefficient (Wildman–Crippen LogP) is 3.99. The number of carbonyl (C=O) groups excluding carboxylic acids is 1. The van der Waals surface area contributed by atoms with E-state index >= 15 is 0 Å². The molecule has 0 saturated heterocycles. The highest BCUT2D eigenvalue weighted by Crippen LogP contribution is 2.63. The molecule has 1 fully saturated rings. The molecule has 0 spiro atoms. The van der Waals surface area contributed by atoms with Crippen molar-refractivity contribution in [1.29, 1.82) is 0 Å². The van der Waals surface area contributed by atoms with Gasteiger partial charge in [-0.1, -0.05) is 48.5 Å². The first kappa shape index (κ1) is 15.1. The molecule has 0 bridgehead atoms. The molecule has 112 valence electrons. The molecule has 2 unspecified atom stereocenters. The molecule has 0 heterocycles. The number of nitrogens with one attached hydrogen (secondary N) is 1. The SMILES string of the molecule is O=C(N/N=C/C1C(c2ccccc2)C1(Cl)Cl)c1ccccc1. The first-order valence-electron chi connectivity index (χ1n) is 6.92. The molecule has 1 aliphatic carbocycles. The van der Waals surface area contributed by atoms with E-state index in [0.29, 0.717) is 5.56 Å². The molecule has 2 aromatic carbocycles. The van der Waals surface area contributed by atoms with E-state index in [2.05, 4.69) is 10.5 Å². The summed E-state index contributed by atoms with van der Waals surface area (Å²) < 4.78 is -0.873. The number of nitrogens with zero attached hydrogens (tertiary/aromatic N) is 1. The summed E-state index contributed by atoms with van der Waals surface area (Å²) in [5, 5.41) is 3.99. The monoisotopic (exact) mass is 332 g/mol. The maximum atomic E-state index is 11.9. The quantitative estimate of drug-likeness (QED) is 0.513. The van der Waals surface area contributed by atoms with Gasteiger partial charge in [0, 0.05) is 23.6 Å². The van der Waals surface area contributed by atoms with Crippen molar-refractivity contribution in [2.75, 3.05) is 0 Å². The van der Waals surface area contributed by atoms with Crippen molar-refractivity contribution in [3.63, 3.8) is 0 Å². The number of hydrazone groups is 1. The van der Waals surface area contributed by atoms with Gasteiger partial charge in [0.2, 0.25) is 0 Å². The second-order valence-electron chi connectivity index (χ2n) is 5.17. The van der Waals surface area contributed by atoms with Crippen molar-refractivity contribution < 1.29 is 4.79 Å². The smallest absolute Gasteiger partial charge is 0.267 e. The van der Waals surface area contributed by atoms with E-state index in [1.807, 2.05) is 36.4 Å². The lowest BCUT2D eigenvalue weighted by Gasteiger charge is -1.98. The molecule has 3 rings (SSSR count). The van der Waals surface area contributed by atoms with Crippen molar-refractivity contribution in [3.05, 3.63) is 71.8 Å². The van der Waals surface area contributed by atoms with E-state index in [1.54, 1.807) is 30.5 Å². The van der Waals surface area contributed by atoms with E-state index in [4.69, 9.17) is 23.2 Å².